The highest BCUT2D eigenvalue weighted by molar-refractivity contribution is 7.85. The molecule has 0 radical (unpaired) electrons. The van der Waals surface area contributed by atoms with Crippen LogP contribution in [-0.2, 0) is 43.7 Å². The number of rotatable bonds is 21. The standard InChI is InChI=1S/C49H61N7O12S/c1-5-53(6-2)34-16-18-38-41(31-34)67-40-30-33(3)15-17-37(40)47(38)35-12-9-10-13-36(35)49(63)55-28-26-54(27-29-55)43(58)20-19-42(57)51-39(32-69(64,65)66)48(62)50-23-25-52(4)24-11-7-8-14-46(61)68-56-44(59)21-22-45(56)60/h9-10,12-13,15-18,30-31,39H,5-8,11,14,19-29,32H2,1-4H3,(H2-,50,51,57,62,64,65,66)/p+1. The number of aryl methyl sites for hydroxylation is 1. The zero-order valence-corrected chi connectivity index (χ0v) is 40.5. The Morgan fingerprint density at radius 2 is 1.54 bits per heavy atom. The molecule has 2 saturated heterocycles. The van der Waals surface area contributed by atoms with Gasteiger partial charge in [-0.2, -0.15) is 8.42 Å². The topological polar surface area (TPSA) is 236 Å². The third kappa shape index (κ3) is 13.8. The molecule has 3 N–H and O–H groups in total. The predicted octanol–water partition coefficient (Wildman–Crippen LogP) is 2.98. The summed E-state index contributed by atoms with van der Waals surface area (Å²) >= 11 is 0. The highest BCUT2D eigenvalue weighted by atomic mass is 32.2. The Labute approximate surface area is 401 Å². The fourth-order valence-corrected chi connectivity index (χ4v) is 9.21. The van der Waals surface area contributed by atoms with Crippen LogP contribution in [0.4, 0.5) is 0 Å². The minimum absolute atomic E-state index is 0.0183. The van der Waals surface area contributed by atoms with Crippen molar-refractivity contribution >= 4 is 62.5 Å². The number of benzene rings is 3. The maximum Gasteiger partial charge on any atom is 0.333 e. The first-order valence-electron chi connectivity index (χ1n) is 23.4. The second-order valence-electron chi connectivity index (χ2n) is 17.4. The molecule has 6 rings (SSSR count). The number of nitrogens with zero attached hydrogens (tertiary/aromatic N) is 5. The van der Waals surface area contributed by atoms with Gasteiger partial charge in [-0.15, -0.1) is 5.06 Å². The maximum atomic E-state index is 14.3. The van der Waals surface area contributed by atoms with Crippen LogP contribution in [0.2, 0.25) is 0 Å². The highest BCUT2D eigenvalue weighted by Gasteiger charge is 2.33. The molecule has 0 saturated carbocycles. The lowest BCUT2D eigenvalue weighted by atomic mass is 9.90. The van der Waals surface area contributed by atoms with Crippen molar-refractivity contribution in [2.45, 2.75) is 78.2 Å². The fourth-order valence-electron chi connectivity index (χ4n) is 8.56. The number of hydrogen-bond acceptors (Lipinski definition) is 12. The van der Waals surface area contributed by atoms with Crippen molar-refractivity contribution in [2.24, 2.45) is 0 Å². The second-order valence-corrected chi connectivity index (χ2v) is 18.9. The SMILES string of the molecule is CC[N+](CC)=c1ccc2c(-c3ccccc3C(=O)N3CCN(C(=O)CCC(=O)NC(CS(=O)(=O)O)C(=O)NCCN(C)CCCCCC(=O)ON4C(=O)CCC4=O)CC3)c3ccc(C)cc3oc-2c1. The smallest absolute Gasteiger partial charge is 0.333 e. The summed E-state index contributed by atoms with van der Waals surface area (Å²) in [7, 11) is -2.89. The van der Waals surface area contributed by atoms with E-state index in [1.54, 1.807) is 16.8 Å². The molecular formula is C49H62N7O12S+. The van der Waals surface area contributed by atoms with Gasteiger partial charge in [0.15, 0.2) is 0 Å². The first-order valence-corrected chi connectivity index (χ1v) is 25.1. The molecule has 2 aromatic carbocycles. The maximum absolute atomic E-state index is 14.3. The number of likely N-dealkylation sites (N-methyl/N-ethyl adjacent to an activating group) is 1. The van der Waals surface area contributed by atoms with Crippen LogP contribution in [-0.4, -0.2) is 152 Å². The number of amides is 6. The Morgan fingerprint density at radius 1 is 0.841 bits per heavy atom. The molecule has 2 fully saturated rings. The number of nitrogens with one attached hydrogen (secondary N) is 2. The van der Waals surface area contributed by atoms with Gasteiger partial charge in [-0.3, -0.25) is 33.3 Å². The van der Waals surface area contributed by atoms with Crippen molar-refractivity contribution in [3.8, 4) is 22.5 Å². The van der Waals surface area contributed by atoms with Crippen LogP contribution in [0.25, 0.3) is 33.4 Å². The summed E-state index contributed by atoms with van der Waals surface area (Å²) < 4.78 is 41.9. The summed E-state index contributed by atoms with van der Waals surface area (Å²) in [4.78, 5) is 98.9. The molecule has 1 unspecified atom stereocenters. The molecule has 0 spiro atoms. The van der Waals surface area contributed by atoms with Crippen LogP contribution < -0.4 is 20.6 Å². The molecule has 19 nitrogen and oxygen atoms in total. The van der Waals surface area contributed by atoms with Crippen LogP contribution in [0.1, 0.15) is 81.1 Å². The average Bonchev–Trinajstić information content (AvgIpc) is 3.63. The monoisotopic (exact) mass is 972 g/mol. The van der Waals surface area contributed by atoms with Gasteiger partial charge >= 0.3 is 5.97 Å². The predicted molar refractivity (Wildman–Crippen MR) is 256 cm³/mol. The molecule has 2 aromatic rings. The average molecular weight is 973 g/mol. The Hall–Kier alpha value is -6.51. The molecule has 370 valence electrons. The van der Waals surface area contributed by atoms with Crippen LogP contribution in [0.15, 0.2) is 65.1 Å². The van der Waals surface area contributed by atoms with Crippen LogP contribution in [0, 0.1) is 6.92 Å². The first kappa shape index (κ1) is 51.9. The molecule has 1 atom stereocenters. The Morgan fingerprint density at radius 3 is 2.23 bits per heavy atom. The number of hydrogen-bond donors (Lipinski definition) is 3. The van der Waals surface area contributed by atoms with Gasteiger partial charge in [0.05, 0.1) is 6.07 Å². The zero-order valence-electron chi connectivity index (χ0n) is 39.7. The van der Waals surface area contributed by atoms with Crippen LogP contribution >= 0.6 is 0 Å². The molecule has 3 aliphatic heterocycles. The Kier molecular flexibility index (Phi) is 17.8. The molecule has 6 amide bonds. The van der Waals surface area contributed by atoms with E-state index in [4.69, 9.17) is 9.25 Å². The van der Waals surface area contributed by atoms with Gasteiger partial charge in [-0.05, 0) is 76.5 Å². The third-order valence-electron chi connectivity index (χ3n) is 12.3. The van der Waals surface area contributed by atoms with Crippen molar-refractivity contribution in [3.63, 3.8) is 0 Å². The fraction of sp³-hybridized carbons (Fsp3) is 0.469. The molecule has 0 aromatic heterocycles. The van der Waals surface area contributed by atoms with Gasteiger partial charge in [-0.1, -0.05) is 36.8 Å². The van der Waals surface area contributed by atoms with Crippen molar-refractivity contribution in [2.75, 3.05) is 71.7 Å². The Bertz CT molecular complexity index is 2710. The van der Waals surface area contributed by atoms with Crippen molar-refractivity contribution in [1.82, 2.24) is 35.0 Å². The van der Waals surface area contributed by atoms with Gasteiger partial charge in [0, 0.05) is 99.5 Å². The van der Waals surface area contributed by atoms with Crippen LogP contribution in [0.5, 0.6) is 0 Å². The minimum Gasteiger partial charge on any atom is -0.456 e. The minimum atomic E-state index is -4.69. The van der Waals surface area contributed by atoms with E-state index < -0.39 is 51.5 Å². The van der Waals surface area contributed by atoms with Gasteiger partial charge in [0.2, 0.25) is 23.1 Å². The largest absolute Gasteiger partial charge is 0.456 e. The van der Waals surface area contributed by atoms with Crippen LogP contribution in [0.3, 0.4) is 0 Å². The molecule has 1 aliphatic carbocycles. The zero-order chi connectivity index (χ0) is 49.8. The molecule has 0 bridgehead atoms. The van der Waals surface area contributed by atoms with E-state index >= 15 is 0 Å². The summed E-state index contributed by atoms with van der Waals surface area (Å²) in [5.41, 5.74) is 4.76. The molecule has 4 aliphatic rings. The number of hydroxylamine groups is 2. The van der Waals surface area contributed by atoms with Crippen molar-refractivity contribution in [1.29, 1.82) is 0 Å². The lowest BCUT2D eigenvalue weighted by Gasteiger charge is -2.35. The summed E-state index contributed by atoms with van der Waals surface area (Å²) in [5, 5.41) is 7.34. The molecule has 20 heteroatoms. The first-order chi connectivity index (χ1) is 33.0. The molecular weight excluding hydrogens is 911 g/mol. The van der Waals surface area contributed by atoms with E-state index in [2.05, 4.69) is 35.1 Å². The summed E-state index contributed by atoms with van der Waals surface area (Å²) in [5.74, 6) is -4.25. The summed E-state index contributed by atoms with van der Waals surface area (Å²) in [6.45, 7) is 9.86. The van der Waals surface area contributed by atoms with E-state index in [1.807, 2.05) is 66.4 Å². The number of unbranched alkanes of at least 4 members (excludes halogenated alkanes) is 2. The van der Waals surface area contributed by atoms with Gasteiger partial charge in [0.25, 0.3) is 27.8 Å². The molecule has 3 heterocycles. The van der Waals surface area contributed by atoms with Crippen molar-refractivity contribution in [3.05, 3.63) is 77.1 Å². The normalized spacial score (nSPS) is 14.7. The van der Waals surface area contributed by atoms with E-state index in [0.29, 0.717) is 54.3 Å². The highest BCUT2D eigenvalue weighted by Crippen LogP contribution is 2.41. The van der Waals surface area contributed by atoms with E-state index in [1.165, 1.54) is 0 Å². The van der Waals surface area contributed by atoms with Crippen molar-refractivity contribution < 1.29 is 55.8 Å². The Balaban J connectivity index is 0.978. The summed E-state index contributed by atoms with van der Waals surface area (Å²) in [6.07, 6.45) is 1.28. The summed E-state index contributed by atoms with van der Waals surface area (Å²) in [6, 6.07) is 18.1. The van der Waals surface area contributed by atoms with Gasteiger partial charge in [-0.25, -0.2) is 9.37 Å². The van der Waals surface area contributed by atoms with Gasteiger partial charge < -0.3 is 34.6 Å². The third-order valence-corrected chi connectivity index (χ3v) is 13.1. The number of fused-ring (bicyclic) bond motifs is 2. The number of carbonyl (C=O) groups excluding carboxylic acids is 7. The number of imide groups is 1. The quantitative estimate of drug-likeness (QED) is 0.0359. The van der Waals surface area contributed by atoms with E-state index in [0.717, 1.165) is 46.1 Å². The lowest BCUT2D eigenvalue weighted by Crippen LogP contribution is -2.52. The lowest BCUT2D eigenvalue weighted by molar-refractivity contribution is -0.197. The number of piperazine rings is 1. The molecule has 69 heavy (non-hydrogen) atoms. The van der Waals surface area contributed by atoms with E-state index in [9.17, 15) is 46.5 Å². The van der Waals surface area contributed by atoms with E-state index in [-0.39, 0.29) is 76.6 Å². The second kappa shape index (κ2) is 23.7. The van der Waals surface area contributed by atoms with Gasteiger partial charge in [0.1, 0.15) is 36.2 Å². The number of carbonyl (C=O) groups is 7.